The number of ether oxygens (including phenoxy) is 1. The first kappa shape index (κ1) is 27.7. The van der Waals surface area contributed by atoms with Crippen molar-refractivity contribution < 1.29 is 32.7 Å². The number of nitrogens with one attached hydrogen (secondary N) is 2. The molecule has 0 radical (unpaired) electrons. The largest absolute Gasteiger partial charge is 0.449 e. The standard InChI is InChI=1S/C28H30F2N4O5/c1-16-5-4-6-19(11-16)33(3)27(37)17(2)9-10-39-28(38)31-18-14-34(15-18)20-12-22(29)25(23(30)13-20)21-7-8-24(35)32-26(21)36/h4-6,11-13,18,21H,2,7-10,14-15H2,1,3H3,(H,31,38)(H,32,35,36). The van der Waals surface area contributed by atoms with Crippen molar-refractivity contribution in [3.05, 3.63) is 71.3 Å². The Labute approximate surface area is 224 Å². The molecule has 4 amide bonds. The highest BCUT2D eigenvalue weighted by Gasteiger charge is 2.34. The highest BCUT2D eigenvalue weighted by Crippen LogP contribution is 2.33. The average Bonchev–Trinajstić information content (AvgIpc) is 2.85. The summed E-state index contributed by atoms with van der Waals surface area (Å²) in [5, 5.41) is 4.78. The number of alkyl carbamates (subject to hydrolysis) is 1. The molecule has 2 aromatic rings. The van der Waals surface area contributed by atoms with Crippen molar-refractivity contribution in [1.29, 1.82) is 0 Å². The Morgan fingerprint density at radius 1 is 1.18 bits per heavy atom. The fourth-order valence-corrected chi connectivity index (χ4v) is 4.61. The molecule has 39 heavy (non-hydrogen) atoms. The van der Waals surface area contributed by atoms with E-state index in [1.807, 2.05) is 31.2 Å². The number of carbonyl (C=O) groups excluding carboxylic acids is 4. The molecule has 0 spiro atoms. The van der Waals surface area contributed by atoms with Crippen molar-refractivity contribution in [3.63, 3.8) is 0 Å². The number of benzene rings is 2. The molecule has 1 unspecified atom stereocenters. The van der Waals surface area contributed by atoms with Crippen LogP contribution < -0.4 is 20.4 Å². The highest BCUT2D eigenvalue weighted by atomic mass is 19.1. The van der Waals surface area contributed by atoms with Crippen LogP contribution in [-0.4, -0.2) is 56.6 Å². The minimum atomic E-state index is -1.06. The summed E-state index contributed by atoms with van der Waals surface area (Å²) >= 11 is 0. The summed E-state index contributed by atoms with van der Waals surface area (Å²) in [6, 6.07) is 9.48. The Hall–Kier alpha value is -4.28. The zero-order valence-corrected chi connectivity index (χ0v) is 21.8. The third-order valence-electron chi connectivity index (χ3n) is 6.85. The number of rotatable bonds is 8. The van der Waals surface area contributed by atoms with E-state index >= 15 is 0 Å². The Morgan fingerprint density at radius 2 is 1.87 bits per heavy atom. The molecule has 2 aliphatic rings. The molecule has 2 N–H and O–H groups in total. The summed E-state index contributed by atoms with van der Waals surface area (Å²) in [5.41, 5.74) is 1.98. The Balaban J connectivity index is 1.21. The number of piperidine rings is 1. The van der Waals surface area contributed by atoms with E-state index in [0.717, 1.165) is 23.4 Å². The molecular formula is C28H30F2N4O5. The number of imide groups is 1. The second kappa shape index (κ2) is 11.6. The number of anilines is 2. The lowest BCUT2D eigenvalue weighted by atomic mass is 9.89. The quantitative estimate of drug-likeness (QED) is 0.393. The van der Waals surface area contributed by atoms with Gasteiger partial charge in [0.1, 0.15) is 11.6 Å². The van der Waals surface area contributed by atoms with Gasteiger partial charge in [-0.15, -0.1) is 0 Å². The van der Waals surface area contributed by atoms with Crippen molar-refractivity contribution in [2.75, 3.05) is 36.5 Å². The van der Waals surface area contributed by atoms with Crippen molar-refractivity contribution in [1.82, 2.24) is 10.6 Å². The van der Waals surface area contributed by atoms with Gasteiger partial charge in [-0.2, -0.15) is 0 Å². The number of likely N-dealkylation sites (N-methyl/N-ethyl adjacent to an activating group) is 1. The van der Waals surface area contributed by atoms with Crippen molar-refractivity contribution in [2.24, 2.45) is 0 Å². The van der Waals surface area contributed by atoms with Gasteiger partial charge in [0.05, 0.1) is 18.6 Å². The molecule has 0 saturated carbocycles. The first-order chi connectivity index (χ1) is 18.5. The molecule has 1 atom stereocenters. The summed E-state index contributed by atoms with van der Waals surface area (Å²) in [6.07, 6.45) is -0.447. The second-order valence-electron chi connectivity index (χ2n) is 9.77. The van der Waals surface area contributed by atoms with Crippen molar-refractivity contribution >= 4 is 35.2 Å². The van der Waals surface area contributed by atoms with E-state index in [2.05, 4.69) is 17.2 Å². The van der Waals surface area contributed by atoms with Gasteiger partial charge in [0, 0.05) is 55.5 Å². The van der Waals surface area contributed by atoms with E-state index in [1.54, 1.807) is 11.9 Å². The first-order valence-electron chi connectivity index (χ1n) is 12.6. The van der Waals surface area contributed by atoms with Crippen LogP contribution in [0.3, 0.4) is 0 Å². The van der Waals surface area contributed by atoms with Gasteiger partial charge in [0.2, 0.25) is 11.8 Å². The number of hydrogen-bond donors (Lipinski definition) is 2. The molecule has 2 heterocycles. The van der Waals surface area contributed by atoms with E-state index in [-0.39, 0.29) is 49.1 Å². The number of halogens is 2. The van der Waals surface area contributed by atoms with E-state index in [1.165, 1.54) is 4.90 Å². The Kier molecular flexibility index (Phi) is 8.27. The zero-order valence-electron chi connectivity index (χ0n) is 21.8. The first-order valence-corrected chi connectivity index (χ1v) is 12.6. The summed E-state index contributed by atoms with van der Waals surface area (Å²) in [6.45, 7) is 6.31. The molecule has 0 aromatic heterocycles. The monoisotopic (exact) mass is 540 g/mol. The smallest absolute Gasteiger partial charge is 0.407 e. The maximum Gasteiger partial charge on any atom is 0.407 e. The molecule has 2 aliphatic heterocycles. The molecule has 0 aliphatic carbocycles. The molecule has 4 rings (SSSR count). The fraction of sp³-hybridized carbons (Fsp3) is 0.357. The number of carbonyl (C=O) groups is 4. The average molecular weight is 541 g/mol. The minimum Gasteiger partial charge on any atom is -0.449 e. The van der Waals surface area contributed by atoms with Crippen LogP contribution in [0.2, 0.25) is 0 Å². The topological polar surface area (TPSA) is 108 Å². The zero-order chi connectivity index (χ0) is 28.3. The molecule has 2 aromatic carbocycles. The maximum atomic E-state index is 14.8. The molecule has 2 fully saturated rings. The van der Waals surface area contributed by atoms with Gasteiger partial charge in [-0.1, -0.05) is 18.7 Å². The lowest BCUT2D eigenvalue weighted by Gasteiger charge is -2.41. The van der Waals surface area contributed by atoms with E-state index in [4.69, 9.17) is 4.74 Å². The predicted molar refractivity (Wildman–Crippen MR) is 140 cm³/mol. The lowest BCUT2D eigenvalue weighted by molar-refractivity contribution is -0.134. The third kappa shape index (κ3) is 6.42. The third-order valence-corrected chi connectivity index (χ3v) is 6.85. The van der Waals surface area contributed by atoms with Crippen LogP contribution in [0.5, 0.6) is 0 Å². The normalized spacial score (nSPS) is 17.2. The van der Waals surface area contributed by atoms with Crippen LogP contribution in [0.15, 0.2) is 48.6 Å². The van der Waals surface area contributed by atoms with E-state index < -0.39 is 35.5 Å². The van der Waals surface area contributed by atoms with Gasteiger partial charge in [0.15, 0.2) is 0 Å². The van der Waals surface area contributed by atoms with Crippen molar-refractivity contribution in [3.8, 4) is 0 Å². The van der Waals surface area contributed by atoms with Crippen LogP contribution >= 0.6 is 0 Å². The number of nitrogens with zero attached hydrogens (tertiary/aromatic N) is 2. The van der Waals surface area contributed by atoms with Crippen LogP contribution in [-0.2, 0) is 19.1 Å². The van der Waals surface area contributed by atoms with Gasteiger partial charge in [-0.05, 0) is 43.2 Å². The van der Waals surface area contributed by atoms with E-state index in [0.29, 0.717) is 18.7 Å². The summed E-state index contributed by atoms with van der Waals surface area (Å²) in [4.78, 5) is 51.3. The van der Waals surface area contributed by atoms with Crippen LogP contribution in [0.4, 0.5) is 25.0 Å². The van der Waals surface area contributed by atoms with Crippen LogP contribution in [0, 0.1) is 18.6 Å². The summed E-state index contributed by atoms with van der Waals surface area (Å²) in [7, 11) is 1.65. The van der Waals surface area contributed by atoms with Gasteiger partial charge in [-0.3, -0.25) is 19.7 Å². The van der Waals surface area contributed by atoms with Gasteiger partial charge in [0.25, 0.3) is 5.91 Å². The molecule has 2 saturated heterocycles. The molecule has 9 nitrogen and oxygen atoms in total. The Bertz CT molecular complexity index is 1300. The van der Waals surface area contributed by atoms with Gasteiger partial charge < -0.3 is 19.9 Å². The second-order valence-corrected chi connectivity index (χ2v) is 9.77. The molecular weight excluding hydrogens is 510 g/mol. The van der Waals surface area contributed by atoms with Crippen LogP contribution in [0.25, 0.3) is 0 Å². The van der Waals surface area contributed by atoms with Gasteiger partial charge >= 0.3 is 6.09 Å². The molecule has 11 heteroatoms. The van der Waals surface area contributed by atoms with E-state index in [9.17, 15) is 28.0 Å². The van der Waals surface area contributed by atoms with Crippen molar-refractivity contribution in [2.45, 2.75) is 38.1 Å². The molecule has 0 bridgehead atoms. The maximum absolute atomic E-state index is 14.8. The molecule has 206 valence electrons. The SMILES string of the molecule is C=C(CCOC(=O)NC1CN(c2cc(F)c(C3CCC(=O)NC3=O)c(F)c2)C1)C(=O)N(C)c1cccc(C)c1. The number of aryl methyl sites for hydroxylation is 1. The fourth-order valence-electron chi connectivity index (χ4n) is 4.61. The van der Waals surface area contributed by atoms with Crippen LogP contribution in [0.1, 0.15) is 36.3 Å². The predicted octanol–water partition coefficient (Wildman–Crippen LogP) is 3.32. The summed E-state index contributed by atoms with van der Waals surface area (Å²) < 4.78 is 34.7. The lowest BCUT2D eigenvalue weighted by Crippen LogP contribution is -2.59. The summed E-state index contributed by atoms with van der Waals surface area (Å²) in [5.74, 6) is -4.24. The number of hydrogen-bond acceptors (Lipinski definition) is 6. The number of amides is 4. The minimum absolute atomic E-state index is 0.0154. The Morgan fingerprint density at radius 3 is 2.51 bits per heavy atom. The highest BCUT2D eigenvalue weighted by molar-refractivity contribution is 6.04. The van der Waals surface area contributed by atoms with Gasteiger partial charge in [-0.25, -0.2) is 13.6 Å².